The number of sulfone groups is 1. The predicted octanol–water partition coefficient (Wildman–Crippen LogP) is 4.17. The van der Waals surface area contributed by atoms with Crippen molar-refractivity contribution in [2.45, 2.75) is 30.6 Å². The average molecular weight is 533 g/mol. The zero-order chi connectivity index (χ0) is 26.7. The van der Waals surface area contributed by atoms with Gasteiger partial charge in [0.05, 0.1) is 36.1 Å². The van der Waals surface area contributed by atoms with E-state index in [1.54, 1.807) is 26.0 Å². The molecule has 2 N–H and O–H groups in total. The molecule has 0 unspecified atom stereocenters. The first-order valence-corrected chi connectivity index (χ1v) is 14.1. The van der Waals surface area contributed by atoms with E-state index in [-0.39, 0.29) is 38.3 Å². The molecule has 0 spiro atoms. The van der Waals surface area contributed by atoms with Gasteiger partial charge in [-0.15, -0.1) is 0 Å². The maximum absolute atomic E-state index is 13.3. The van der Waals surface area contributed by atoms with Crippen LogP contribution in [0.4, 0.5) is 11.4 Å². The number of aryl methyl sites for hydroxylation is 2. The van der Waals surface area contributed by atoms with Crippen molar-refractivity contribution < 1.29 is 31.1 Å². The van der Waals surface area contributed by atoms with Crippen LogP contribution in [0.1, 0.15) is 28.4 Å². The number of para-hydroxylation sites is 1. The highest BCUT2D eigenvalue weighted by molar-refractivity contribution is 7.93. The van der Waals surface area contributed by atoms with E-state index in [0.29, 0.717) is 5.69 Å². The van der Waals surface area contributed by atoms with Gasteiger partial charge >= 0.3 is 0 Å². The van der Waals surface area contributed by atoms with Crippen molar-refractivity contribution in [3.05, 3.63) is 71.3 Å². The Hall–Kier alpha value is -3.57. The topological polar surface area (TPSA) is 128 Å². The van der Waals surface area contributed by atoms with Gasteiger partial charge < -0.3 is 14.8 Å². The van der Waals surface area contributed by atoms with E-state index < -0.39 is 25.8 Å². The fourth-order valence-corrected chi connectivity index (χ4v) is 5.86. The van der Waals surface area contributed by atoms with Gasteiger partial charge in [-0.1, -0.05) is 25.1 Å². The van der Waals surface area contributed by atoms with Crippen molar-refractivity contribution in [1.82, 2.24) is 0 Å². The number of carbonyl (C=O) groups excluding carboxylic acids is 1. The molecule has 3 aromatic carbocycles. The quantitative estimate of drug-likeness (QED) is 0.423. The fourth-order valence-electron chi connectivity index (χ4n) is 3.55. The molecule has 0 atom stereocenters. The van der Waals surface area contributed by atoms with E-state index in [9.17, 15) is 21.6 Å². The van der Waals surface area contributed by atoms with Gasteiger partial charge in [-0.25, -0.2) is 16.8 Å². The Morgan fingerprint density at radius 1 is 0.861 bits per heavy atom. The number of benzene rings is 3. The number of anilines is 2. The third-order valence-corrected chi connectivity index (χ3v) is 8.69. The number of methoxy groups -OCH3 is 2. The average Bonchev–Trinajstić information content (AvgIpc) is 2.85. The van der Waals surface area contributed by atoms with Crippen LogP contribution in [0.15, 0.2) is 64.4 Å². The minimum atomic E-state index is -4.10. The molecule has 36 heavy (non-hydrogen) atoms. The maximum atomic E-state index is 13.3. The standard InChI is InChI=1S/C25H28N2O7S2/c1-6-35(29,30)19-11-13-21(33-4)20(15-19)25(28)26-18-10-12-22(34-5)23(14-18)36(31,32)27-24-16(2)8-7-9-17(24)3/h7-15,27H,6H2,1-5H3,(H,26,28). The summed E-state index contributed by atoms with van der Waals surface area (Å²) in [5.74, 6) is -0.551. The summed E-state index contributed by atoms with van der Waals surface area (Å²) < 4.78 is 64.3. The van der Waals surface area contributed by atoms with E-state index in [0.717, 1.165) is 11.1 Å². The van der Waals surface area contributed by atoms with Gasteiger partial charge in [0, 0.05) is 5.69 Å². The number of nitrogens with one attached hydrogen (secondary N) is 2. The van der Waals surface area contributed by atoms with Crippen molar-refractivity contribution in [3.63, 3.8) is 0 Å². The minimum Gasteiger partial charge on any atom is -0.496 e. The van der Waals surface area contributed by atoms with Crippen molar-refractivity contribution in [2.75, 3.05) is 30.0 Å². The van der Waals surface area contributed by atoms with Crippen LogP contribution in [0.5, 0.6) is 11.5 Å². The van der Waals surface area contributed by atoms with Crippen LogP contribution >= 0.6 is 0 Å². The van der Waals surface area contributed by atoms with Crippen LogP contribution in [0, 0.1) is 13.8 Å². The molecule has 3 aromatic rings. The minimum absolute atomic E-state index is 0.0130. The molecule has 9 nitrogen and oxygen atoms in total. The fraction of sp³-hybridized carbons (Fsp3) is 0.240. The van der Waals surface area contributed by atoms with Gasteiger partial charge in [0.2, 0.25) is 0 Å². The molecule has 1 amide bonds. The number of carbonyl (C=O) groups is 1. The van der Waals surface area contributed by atoms with Gasteiger partial charge in [-0.2, -0.15) is 0 Å². The summed E-state index contributed by atoms with van der Waals surface area (Å²) in [5, 5.41) is 2.62. The molecular weight excluding hydrogens is 504 g/mol. The second-order valence-corrected chi connectivity index (χ2v) is 11.9. The Balaban J connectivity index is 2.00. The monoisotopic (exact) mass is 532 g/mol. The summed E-state index contributed by atoms with van der Waals surface area (Å²) in [4.78, 5) is 12.9. The van der Waals surface area contributed by atoms with E-state index in [1.807, 2.05) is 6.07 Å². The molecule has 0 heterocycles. The third kappa shape index (κ3) is 5.63. The first kappa shape index (κ1) is 27.0. The molecule has 0 bridgehead atoms. The molecular formula is C25H28N2O7S2. The second kappa shape index (κ2) is 10.6. The van der Waals surface area contributed by atoms with Crippen molar-refractivity contribution >= 4 is 37.1 Å². The van der Waals surface area contributed by atoms with Gasteiger partial charge in [0.1, 0.15) is 16.4 Å². The summed E-state index contributed by atoms with van der Waals surface area (Å²) in [5.41, 5.74) is 2.09. The molecule has 0 saturated heterocycles. The summed E-state index contributed by atoms with van der Waals surface area (Å²) in [6.07, 6.45) is 0. The van der Waals surface area contributed by atoms with Crippen LogP contribution in [0.25, 0.3) is 0 Å². The molecule has 0 aliphatic rings. The lowest BCUT2D eigenvalue weighted by Gasteiger charge is -2.16. The van der Waals surface area contributed by atoms with Crippen LogP contribution in [0.3, 0.4) is 0 Å². The predicted molar refractivity (Wildman–Crippen MR) is 138 cm³/mol. The number of ether oxygens (including phenoxy) is 2. The lowest BCUT2D eigenvalue weighted by atomic mass is 10.1. The van der Waals surface area contributed by atoms with E-state index in [1.165, 1.54) is 57.5 Å². The Kier molecular flexibility index (Phi) is 7.95. The molecule has 3 rings (SSSR count). The van der Waals surface area contributed by atoms with E-state index >= 15 is 0 Å². The van der Waals surface area contributed by atoms with Crippen molar-refractivity contribution in [2.24, 2.45) is 0 Å². The molecule has 192 valence electrons. The summed E-state index contributed by atoms with van der Waals surface area (Å²) in [6.45, 7) is 5.09. The highest BCUT2D eigenvalue weighted by atomic mass is 32.2. The van der Waals surface area contributed by atoms with Crippen LogP contribution in [-0.2, 0) is 19.9 Å². The zero-order valence-corrected chi connectivity index (χ0v) is 22.2. The zero-order valence-electron chi connectivity index (χ0n) is 20.6. The highest BCUT2D eigenvalue weighted by Gasteiger charge is 2.24. The maximum Gasteiger partial charge on any atom is 0.265 e. The van der Waals surface area contributed by atoms with Crippen LogP contribution < -0.4 is 19.5 Å². The number of hydrogen-bond donors (Lipinski definition) is 2. The summed E-state index contributed by atoms with van der Waals surface area (Å²) >= 11 is 0. The Bertz CT molecular complexity index is 1500. The molecule has 0 fully saturated rings. The number of rotatable bonds is 9. The lowest BCUT2D eigenvalue weighted by molar-refractivity contribution is 0.102. The van der Waals surface area contributed by atoms with E-state index in [2.05, 4.69) is 10.0 Å². The first-order valence-electron chi connectivity index (χ1n) is 10.9. The lowest BCUT2D eigenvalue weighted by Crippen LogP contribution is -2.18. The normalized spacial score (nSPS) is 11.6. The van der Waals surface area contributed by atoms with Gasteiger partial charge in [0.15, 0.2) is 9.84 Å². The van der Waals surface area contributed by atoms with Crippen molar-refractivity contribution in [3.8, 4) is 11.5 Å². The molecule has 0 saturated carbocycles. The number of hydrogen-bond acceptors (Lipinski definition) is 7. The second-order valence-electron chi connectivity index (χ2n) is 7.96. The Labute approximate surface area is 211 Å². The van der Waals surface area contributed by atoms with Gasteiger partial charge in [0.25, 0.3) is 15.9 Å². The first-order chi connectivity index (χ1) is 16.9. The van der Waals surface area contributed by atoms with Crippen LogP contribution in [0.2, 0.25) is 0 Å². The van der Waals surface area contributed by atoms with Gasteiger partial charge in [-0.05, 0) is 61.4 Å². The largest absolute Gasteiger partial charge is 0.496 e. The summed E-state index contributed by atoms with van der Waals surface area (Å²) in [7, 11) is -4.96. The summed E-state index contributed by atoms with van der Waals surface area (Å²) in [6, 6.07) is 13.6. The Morgan fingerprint density at radius 3 is 2.06 bits per heavy atom. The third-order valence-electron chi connectivity index (χ3n) is 5.58. The van der Waals surface area contributed by atoms with Crippen LogP contribution in [-0.4, -0.2) is 42.7 Å². The number of sulfonamides is 1. The molecule has 11 heteroatoms. The van der Waals surface area contributed by atoms with Crippen molar-refractivity contribution in [1.29, 1.82) is 0 Å². The highest BCUT2D eigenvalue weighted by Crippen LogP contribution is 2.31. The molecule has 0 radical (unpaired) electrons. The number of amides is 1. The molecule has 0 aliphatic carbocycles. The van der Waals surface area contributed by atoms with Gasteiger partial charge in [-0.3, -0.25) is 9.52 Å². The smallest absolute Gasteiger partial charge is 0.265 e. The Morgan fingerprint density at radius 2 is 1.47 bits per heavy atom. The molecule has 0 aromatic heterocycles. The SMILES string of the molecule is CCS(=O)(=O)c1ccc(OC)c(C(=O)Nc2ccc(OC)c(S(=O)(=O)Nc3c(C)cccc3C)c2)c1. The molecule has 0 aliphatic heterocycles. The van der Waals surface area contributed by atoms with E-state index in [4.69, 9.17) is 9.47 Å².